The van der Waals surface area contributed by atoms with Gasteiger partial charge in [-0.1, -0.05) is 0 Å². The molecular formula is CH2NiO3. The summed E-state index contributed by atoms with van der Waals surface area (Å²) >= 11 is 0. The summed E-state index contributed by atoms with van der Waals surface area (Å²) in [6.45, 7) is 0. The van der Waals surface area contributed by atoms with E-state index in [1.165, 1.54) is 0 Å². The quantitative estimate of drug-likeness (QED) is 0.450. The van der Waals surface area contributed by atoms with Crippen molar-refractivity contribution in [2.45, 2.75) is 0 Å². The summed E-state index contributed by atoms with van der Waals surface area (Å²) in [5.41, 5.74) is 0. The van der Waals surface area contributed by atoms with Gasteiger partial charge in [-0.05, 0) is 0 Å². The van der Waals surface area contributed by atoms with E-state index in [0.29, 0.717) is 0 Å². The zero-order valence-corrected chi connectivity index (χ0v) is 3.11. The van der Waals surface area contributed by atoms with E-state index in [1.807, 2.05) is 0 Å². The van der Waals surface area contributed by atoms with E-state index >= 15 is 0 Å². The molecule has 0 unspecified atom stereocenters. The molecule has 0 aromatic heterocycles. The van der Waals surface area contributed by atoms with Crippen LogP contribution in [0.15, 0.2) is 0 Å². The predicted octanol–water partition coefficient (Wildman–Crippen LogP) is 0.220. The maximum Gasteiger partial charge on any atom is 0.503 e. The molecule has 0 aromatic carbocycles. The monoisotopic (exact) mass is 120 g/mol. The van der Waals surface area contributed by atoms with Crippen LogP contribution in [0.25, 0.3) is 0 Å². The molecule has 0 saturated carbocycles. The summed E-state index contributed by atoms with van der Waals surface area (Å²) in [6.07, 6.45) is -1.83. The van der Waals surface area contributed by atoms with Crippen molar-refractivity contribution < 1.29 is 31.5 Å². The summed E-state index contributed by atoms with van der Waals surface area (Å²) < 4.78 is 0. The Morgan fingerprint density at radius 3 is 1.40 bits per heavy atom. The Labute approximate surface area is 38.5 Å². The van der Waals surface area contributed by atoms with Gasteiger partial charge in [0.25, 0.3) is 0 Å². The van der Waals surface area contributed by atoms with Crippen molar-refractivity contribution in [2.24, 2.45) is 0 Å². The summed E-state index contributed by atoms with van der Waals surface area (Å²) in [4.78, 5) is 8.56. The van der Waals surface area contributed by atoms with Gasteiger partial charge in [-0.3, -0.25) is 0 Å². The van der Waals surface area contributed by atoms with Crippen LogP contribution in [-0.4, -0.2) is 16.4 Å². The zero-order valence-electron chi connectivity index (χ0n) is 2.12. The van der Waals surface area contributed by atoms with E-state index in [9.17, 15) is 0 Å². The molecule has 0 radical (unpaired) electrons. The Bertz CT molecular complexity index is 29.9. The van der Waals surface area contributed by atoms with Crippen LogP contribution in [0.1, 0.15) is 0 Å². The number of hydrogen-bond donors (Lipinski definition) is 2. The fraction of sp³-hybridized carbons (Fsp3) is 0. The molecule has 0 aromatic rings. The fourth-order valence-corrected chi connectivity index (χ4v) is 0. The molecule has 0 atom stereocenters. The predicted molar refractivity (Wildman–Crippen MR) is 10.7 cm³/mol. The van der Waals surface area contributed by atoms with Gasteiger partial charge in [0, 0.05) is 16.5 Å². The molecule has 3 nitrogen and oxygen atoms in total. The van der Waals surface area contributed by atoms with Crippen molar-refractivity contribution in [1.29, 1.82) is 0 Å². The zero-order chi connectivity index (χ0) is 3.58. The minimum Gasteiger partial charge on any atom is -0.450 e. The second-order valence-electron chi connectivity index (χ2n) is 0.283. The first-order valence-electron chi connectivity index (χ1n) is 0.651. The van der Waals surface area contributed by atoms with Gasteiger partial charge in [-0.2, -0.15) is 0 Å². The SMILES string of the molecule is O=C(O)O.[Ni]. The van der Waals surface area contributed by atoms with Crippen LogP contribution in [-0.2, 0) is 16.5 Å². The van der Waals surface area contributed by atoms with Crippen molar-refractivity contribution in [3.63, 3.8) is 0 Å². The molecule has 0 fully saturated rings. The molecule has 5 heavy (non-hydrogen) atoms. The topological polar surface area (TPSA) is 57.5 Å². The minimum absolute atomic E-state index is 0. The summed E-state index contributed by atoms with van der Waals surface area (Å²) in [7, 11) is 0. The maximum atomic E-state index is 8.56. The number of carboxylic acid groups (broad SMARTS) is 2. The van der Waals surface area contributed by atoms with Gasteiger partial charge in [0.05, 0.1) is 0 Å². The van der Waals surface area contributed by atoms with Crippen molar-refractivity contribution in [2.75, 3.05) is 0 Å². The van der Waals surface area contributed by atoms with Crippen LogP contribution in [0.5, 0.6) is 0 Å². The van der Waals surface area contributed by atoms with Crippen LogP contribution in [0.3, 0.4) is 0 Å². The van der Waals surface area contributed by atoms with Crippen LogP contribution in [0.2, 0.25) is 0 Å². The van der Waals surface area contributed by atoms with E-state index in [4.69, 9.17) is 15.0 Å². The molecule has 0 aliphatic carbocycles. The second kappa shape index (κ2) is 3.76. The third-order valence-electron chi connectivity index (χ3n) is 0. The Balaban J connectivity index is 0. The molecule has 2 N–H and O–H groups in total. The molecule has 0 bridgehead atoms. The summed E-state index contributed by atoms with van der Waals surface area (Å²) in [6, 6.07) is 0. The van der Waals surface area contributed by atoms with E-state index < -0.39 is 6.16 Å². The van der Waals surface area contributed by atoms with Gasteiger partial charge in [-0.15, -0.1) is 0 Å². The van der Waals surface area contributed by atoms with Crippen molar-refractivity contribution in [1.82, 2.24) is 0 Å². The first kappa shape index (κ1) is 8.83. The molecule has 34 valence electrons. The van der Waals surface area contributed by atoms with Gasteiger partial charge in [0.15, 0.2) is 0 Å². The molecular weight excluding hydrogens is 119 g/mol. The van der Waals surface area contributed by atoms with E-state index in [-0.39, 0.29) is 16.5 Å². The maximum absolute atomic E-state index is 8.56. The van der Waals surface area contributed by atoms with Crippen molar-refractivity contribution in [3.8, 4) is 0 Å². The Kier molecular flexibility index (Phi) is 6.65. The van der Waals surface area contributed by atoms with Crippen LogP contribution < -0.4 is 0 Å². The number of carbonyl (C=O) groups is 1. The first-order chi connectivity index (χ1) is 1.73. The van der Waals surface area contributed by atoms with Crippen LogP contribution in [0, 0.1) is 0 Å². The standard InChI is InChI=1S/CH2O3.Ni/c2-1(3)4;/h(H2,2,3,4);. The van der Waals surface area contributed by atoms with Crippen LogP contribution >= 0.6 is 0 Å². The molecule has 0 rings (SSSR count). The molecule has 0 spiro atoms. The third-order valence-corrected chi connectivity index (χ3v) is 0. The summed E-state index contributed by atoms with van der Waals surface area (Å²) in [5, 5.41) is 13.9. The fourth-order valence-electron chi connectivity index (χ4n) is 0. The average molecular weight is 121 g/mol. The molecule has 0 heterocycles. The molecule has 0 amide bonds. The normalized spacial score (nSPS) is 4.80. The largest absolute Gasteiger partial charge is 0.503 e. The average Bonchev–Trinajstić information content (AvgIpc) is 0.811. The molecule has 0 saturated heterocycles. The van der Waals surface area contributed by atoms with E-state index in [1.54, 1.807) is 0 Å². The molecule has 0 aliphatic heterocycles. The number of rotatable bonds is 0. The van der Waals surface area contributed by atoms with Gasteiger partial charge < -0.3 is 10.2 Å². The van der Waals surface area contributed by atoms with Gasteiger partial charge in [0.1, 0.15) is 0 Å². The van der Waals surface area contributed by atoms with Crippen LogP contribution in [0.4, 0.5) is 4.79 Å². The smallest absolute Gasteiger partial charge is 0.450 e. The Morgan fingerprint density at radius 2 is 1.40 bits per heavy atom. The third kappa shape index (κ3) is 209. The molecule has 4 heteroatoms. The Morgan fingerprint density at radius 1 is 1.40 bits per heavy atom. The minimum atomic E-state index is -1.83. The van der Waals surface area contributed by atoms with Gasteiger partial charge in [0.2, 0.25) is 0 Å². The van der Waals surface area contributed by atoms with E-state index in [2.05, 4.69) is 0 Å². The second-order valence-corrected chi connectivity index (χ2v) is 0.283. The Hall–Kier alpha value is -0.236. The van der Waals surface area contributed by atoms with Gasteiger partial charge in [-0.25, -0.2) is 4.79 Å². The van der Waals surface area contributed by atoms with Gasteiger partial charge >= 0.3 is 6.16 Å². The first-order valence-corrected chi connectivity index (χ1v) is 0.651. The van der Waals surface area contributed by atoms with Crippen molar-refractivity contribution in [3.05, 3.63) is 0 Å². The number of hydrogen-bond acceptors (Lipinski definition) is 1. The summed E-state index contributed by atoms with van der Waals surface area (Å²) in [5.74, 6) is 0. The van der Waals surface area contributed by atoms with E-state index in [0.717, 1.165) is 0 Å². The molecule has 0 aliphatic rings. The van der Waals surface area contributed by atoms with Crippen molar-refractivity contribution >= 4 is 6.16 Å².